The Morgan fingerprint density at radius 2 is 2.24 bits per heavy atom. The molecule has 0 bridgehead atoms. The highest BCUT2D eigenvalue weighted by Gasteiger charge is 2.16. The maximum Gasteiger partial charge on any atom is 0.195 e. The fraction of sp³-hybridized carbons (Fsp3) is 0.308. The van der Waals surface area contributed by atoms with Crippen molar-refractivity contribution in [1.82, 2.24) is 4.98 Å². The van der Waals surface area contributed by atoms with E-state index in [1.807, 2.05) is 19.1 Å². The molecule has 88 valence electrons. The van der Waals surface area contributed by atoms with E-state index in [0.29, 0.717) is 23.6 Å². The van der Waals surface area contributed by atoms with Gasteiger partial charge in [-0.15, -0.1) is 0 Å². The van der Waals surface area contributed by atoms with Gasteiger partial charge in [0, 0.05) is 28.1 Å². The Bertz CT molecular complexity index is 660. The van der Waals surface area contributed by atoms with Crippen LogP contribution in [-0.4, -0.2) is 11.6 Å². The molecular formula is C13H12ClNO2. The number of H-pyrrole nitrogens is 1. The van der Waals surface area contributed by atoms with Crippen molar-refractivity contribution in [2.75, 3.05) is 6.61 Å². The number of ether oxygens (including phenoxy) is 1. The average Bonchev–Trinajstić information content (AvgIpc) is 2.32. The minimum atomic E-state index is 0.0632. The van der Waals surface area contributed by atoms with Crippen LogP contribution in [0.15, 0.2) is 16.9 Å². The molecule has 0 saturated heterocycles. The first-order valence-corrected chi connectivity index (χ1v) is 5.96. The van der Waals surface area contributed by atoms with Gasteiger partial charge < -0.3 is 9.72 Å². The number of nitrogens with one attached hydrogen (secondary N) is 1. The summed E-state index contributed by atoms with van der Waals surface area (Å²) in [6, 6.07) is 3.66. The summed E-state index contributed by atoms with van der Waals surface area (Å²) in [5.74, 6) is 0. The van der Waals surface area contributed by atoms with Gasteiger partial charge >= 0.3 is 0 Å². The molecule has 0 radical (unpaired) electrons. The Morgan fingerprint density at radius 1 is 1.41 bits per heavy atom. The summed E-state index contributed by atoms with van der Waals surface area (Å²) in [7, 11) is 0. The summed E-state index contributed by atoms with van der Waals surface area (Å²) < 4.78 is 5.33. The third-order valence-corrected chi connectivity index (χ3v) is 3.62. The highest BCUT2D eigenvalue weighted by atomic mass is 35.5. The van der Waals surface area contributed by atoms with Crippen LogP contribution in [-0.2, 0) is 17.8 Å². The van der Waals surface area contributed by atoms with Crippen LogP contribution in [0.5, 0.6) is 0 Å². The molecule has 0 aliphatic carbocycles. The molecule has 1 aromatic heterocycles. The van der Waals surface area contributed by atoms with Crippen LogP contribution in [0.4, 0.5) is 0 Å². The zero-order valence-corrected chi connectivity index (χ0v) is 10.2. The minimum absolute atomic E-state index is 0.0632. The second-order valence-electron chi connectivity index (χ2n) is 4.36. The summed E-state index contributed by atoms with van der Waals surface area (Å²) >= 11 is 6.08. The van der Waals surface area contributed by atoms with Crippen LogP contribution < -0.4 is 5.43 Å². The Labute approximate surface area is 103 Å². The summed E-state index contributed by atoms with van der Waals surface area (Å²) in [6.45, 7) is 2.97. The number of aromatic amines is 1. The van der Waals surface area contributed by atoms with Gasteiger partial charge in [0.05, 0.1) is 18.7 Å². The molecule has 0 atom stereocenters. The predicted molar refractivity (Wildman–Crippen MR) is 67.7 cm³/mol. The number of fused-ring (bicyclic) bond motifs is 2. The summed E-state index contributed by atoms with van der Waals surface area (Å²) in [5, 5.41) is 1.37. The van der Waals surface area contributed by atoms with Crippen molar-refractivity contribution in [3.05, 3.63) is 44.2 Å². The second-order valence-corrected chi connectivity index (χ2v) is 4.77. The molecular weight excluding hydrogens is 238 g/mol. The number of aromatic nitrogens is 1. The Hall–Kier alpha value is -1.32. The van der Waals surface area contributed by atoms with Crippen molar-refractivity contribution in [2.24, 2.45) is 0 Å². The lowest BCUT2D eigenvalue weighted by Gasteiger charge is -2.16. The fourth-order valence-electron chi connectivity index (χ4n) is 2.22. The van der Waals surface area contributed by atoms with Crippen molar-refractivity contribution in [3.63, 3.8) is 0 Å². The van der Waals surface area contributed by atoms with Crippen LogP contribution in [0.2, 0.25) is 5.02 Å². The monoisotopic (exact) mass is 249 g/mol. The largest absolute Gasteiger partial charge is 0.376 e. The standard InChI is InChI=1S/C13H12ClNO2/c1-7-4-8-12(5-10(7)14)15-11-2-3-17-6-9(11)13(8)16/h4-5H,2-3,6H2,1H3,(H,15,16). The lowest BCUT2D eigenvalue weighted by Crippen LogP contribution is -2.21. The van der Waals surface area contributed by atoms with E-state index in [-0.39, 0.29) is 5.43 Å². The van der Waals surface area contributed by atoms with Crippen molar-refractivity contribution >= 4 is 22.5 Å². The van der Waals surface area contributed by atoms with Gasteiger partial charge in [0.15, 0.2) is 5.43 Å². The Kier molecular flexibility index (Phi) is 2.45. The van der Waals surface area contributed by atoms with Crippen molar-refractivity contribution in [1.29, 1.82) is 0 Å². The predicted octanol–water partition coefficient (Wildman–Crippen LogP) is 2.56. The molecule has 0 spiro atoms. The van der Waals surface area contributed by atoms with Crippen molar-refractivity contribution in [2.45, 2.75) is 20.0 Å². The number of hydrogen-bond acceptors (Lipinski definition) is 2. The first-order valence-electron chi connectivity index (χ1n) is 5.58. The van der Waals surface area contributed by atoms with Gasteiger partial charge in [-0.3, -0.25) is 4.79 Å². The molecule has 1 aliphatic rings. The topological polar surface area (TPSA) is 42.1 Å². The van der Waals surface area contributed by atoms with E-state index in [9.17, 15) is 4.79 Å². The highest BCUT2D eigenvalue weighted by Crippen LogP contribution is 2.22. The molecule has 0 saturated carbocycles. The van der Waals surface area contributed by atoms with Gasteiger partial charge in [-0.05, 0) is 24.6 Å². The number of pyridine rings is 1. The quantitative estimate of drug-likeness (QED) is 0.780. The van der Waals surface area contributed by atoms with Crippen molar-refractivity contribution in [3.8, 4) is 0 Å². The molecule has 3 nitrogen and oxygen atoms in total. The fourth-order valence-corrected chi connectivity index (χ4v) is 2.39. The third kappa shape index (κ3) is 1.66. The maximum absolute atomic E-state index is 12.3. The molecule has 3 rings (SSSR count). The number of benzene rings is 1. The van der Waals surface area contributed by atoms with Crippen LogP contribution in [0.3, 0.4) is 0 Å². The number of hydrogen-bond donors (Lipinski definition) is 1. The zero-order valence-electron chi connectivity index (χ0n) is 9.47. The zero-order chi connectivity index (χ0) is 12.0. The molecule has 17 heavy (non-hydrogen) atoms. The van der Waals surface area contributed by atoms with E-state index in [4.69, 9.17) is 16.3 Å². The van der Waals surface area contributed by atoms with Crippen molar-refractivity contribution < 1.29 is 4.74 Å². The van der Waals surface area contributed by atoms with E-state index in [1.54, 1.807) is 0 Å². The SMILES string of the molecule is Cc1cc2c(=O)c3c([nH]c2cc1Cl)CCOC3. The summed E-state index contributed by atoms with van der Waals surface area (Å²) in [4.78, 5) is 15.6. The summed E-state index contributed by atoms with van der Waals surface area (Å²) in [6.07, 6.45) is 0.756. The Balaban J connectivity index is 2.40. The van der Waals surface area contributed by atoms with Gasteiger partial charge in [0.2, 0.25) is 0 Å². The third-order valence-electron chi connectivity index (χ3n) is 3.21. The normalized spacial score (nSPS) is 14.9. The van der Waals surface area contributed by atoms with E-state index in [2.05, 4.69) is 4.98 Å². The molecule has 2 heterocycles. The highest BCUT2D eigenvalue weighted by molar-refractivity contribution is 6.32. The van der Waals surface area contributed by atoms with E-state index in [0.717, 1.165) is 28.8 Å². The lowest BCUT2D eigenvalue weighted by molar-refractivity contribution is 0.109. The van der Waals surface area contributed by atoms with E-state index < -0.39 is 0 Å². The van der Waals surface area contributed by atoms with Gasteiger partial charge in [0.1, 0.15) is 0 Å². The van der Waals surface area contributed by atoms with E-state index >= 15 is 0 Å². The van der Waals surface area contributed by atoms with E-state index in [1.165, 1.54) is 0 Å². The van der Waals surface area contributed by atoms with Crippen LogP contribution >= 0.6 is 11.6 Å². The molecule has 1 aromatic carbocycles. The van der Waals surface area contributed by atoms with Crippen LogP contribution in [0.25, 0.3) is 10.9 Å². The van der Waals surface area contributed by atoms with Gasteiger partial charge in [-0.2, -0.15) is 0 Å². The molecule has 0 fully saturated rings. The van der Waals surface area contributed by atoms with Gasteiger partial charge in [-0.25, -0.2) is 0 Å². The minimum Gasteiger partial charge on any atom is -0.376 e. The summed E-state index contributed by atoms with van der Waals surface area (Å²) in [5.41, 5.74) is 3.53. The lowest BCUT2D eigenvalue weighted by atomic mass is 10.0. The number of rotatable bonds is 0. The second kappa shape index (κ2) is 3.86. The van der Waals surface area contributed by atoms with Gasteiger partial charge in [0.25, 0.3) is 0 Å². The first-order chi connectivity index (χ1) is 8.16. The van der Waals surface area contributed by atoms with Gasteiger partial charge in [-0.1, -0.05) is 11.6 Å². The molecule has 1 N–H and O–H groups in total. The Morgan fingerprint density at radius 3 is 3.06 bits per heavy atom. The number of aryl methyl sites for hydroxylation is 1. The number of halogens is 1. The maximum atomic E-state index is 12.3. The molecule has 1 aliphatic heterocycles. The molecule has 4 heteroatoms. The average molecular weight is 250 g/mol. The van der Waals surface area contributed by atoms with Crippen LogP contribution in [0.1, 0.15) is 16.8 Å². The first kappa shape index (κ1) is 10.8. The molecule has 0 amide bonds. The molecule has 2 aromatic rings. The molecule has 0 unspecified atom stereocenters. The smallest absolute Gasteiger partial charge is 0.195 e. The van der Waals surface area contributed by atoms with Crippen LogP contribution in [0, 0.1) is 6.92 Å².